The number of hydrogen-bond acceptors (Lipinski definition) is 5. The van der Waals surface area contributed by atoms with Crippen molar-refractivity contribution in [2.24, 2.45) is 0 Å². The average molecular weight is 394 g/mol. The number of aryl methyl sites for hydroxylation is 2. The zero-order chi connectivity index (χ0) is 20.1. The summed E-state index contributed by atoms with van der Waals surface area (Å²) in [5.74, 6) is 2.13. The normalized spacial score (nSPS) is 17.1. The highest BCUT2D eigenvalue weighted by molar-refractivity contribution is 5.76. The van der Waals surface area contributed by atoms with Crippen molar-refractivity contribution in [3.63, 3.8) is 0 Å². The molecule has 2 saturated heterocycles. The minimum Gasteiger partial charge on any atom is -0.353 e. The molecule has 2 aliphatic rings. The Bertz CT molecular complexity index is 811. The number of piperazine rings is 1. The SMILES string of the molecule is Cc1cc(N2CCN(C(=O)CCCc3ccccc3)CC2)nc(N2CCCC2)n1. The van der Waals surface area contributed by atoms with Gasteiger partial charge in [-0.1, -0.05) is 30.3 Å². The summed E-state index contributed by atoms with van der Waals surface area (Å²) in [4.78, 5) is 28.6. The molecule has 6 heteroatoms. The highest BCUT2D eigenvalue weighted by atomic mass is 16.2. The molecular weight excluding hydrogens is 362 g/mol. The average Bonchev–Trinajstić information content (AvgIpc) is 3.29. The molecule has 1 amide bonds. The summed E-state index contributed by atoms with van der Waals surface area (Å²) < 4.78 is 0. The second kappa shape index (κ2) is 9.25. The molecule has 0 bridgehead atoms. The fourth-order valence-electron chi connectivity index (χ4n) is 4.19. The Kier molecular flexibility index (Phi) is 6.27. The molecule has 154 valence electrons. The quantitative estimate of drug-likeness (QED) is 0.755. The van der Waals surface area contributed by atoms with Crippen LogP contribution in [0.25, 0.3) is 0 Å². The van der Waals surface area contributed by atoms with Crippen LogP contribution < -0.4 is 9.80 Å². The molecule has 0 radical (unpaired) electrons. The Labute approximate surface area is 173 Å². The minimum absolute atomic E-state index is 0.275. The van der Waals surface area contributed by atoms with Crippen LogP contribution in [-0.2, 0) is 11.2 Å². The van der Waals surface area contributed by atoms with Gasteiger partial charge in [-0.15, -0.1) is 0 Å². The molecule has 0 N–H and O–H groups in total. The van der Waals surface area contributed by atoms with Crippen LogP contribution in [-0.4, -0.2) is 60.0 Å². The molecule has 3 heterocycles. The van der Waals surface area contributed by atoms with Crippen LogP contribution in [0.1, 0.15) is 36.9 Å². The molecule has 29 heavy (non-hydrogen) atoms. The van der Waals surface area contributed by atoms with Gasteiger partial charge in [0.1, 0.15) is 5.82 Å². The predicted octanol–water partition coefficient (Wildman–Crippen LogP) is 3.06. The Balaban J connectivity index is 1.28. The monoisotopic (exact) mass is 393 g/mol. The van der Waals surface area contributed by atoms with Gasteiger partial charge < -0.3 is 14.7 Å². The van der Waals surface area contributed by atoms with E-state index in [0.29, 0.717) is 6.42 Å². The van der Waals surface area contributed by atoms with Gasteiger partial charge in [0.25, 0.3) is 0 Å². The second-order valence-corrected chi connectivity index (χ2v) is 8.07. The van der Waals surface area contributed by atoms with Crippen molar-refractivity contribution in [2.75, 3.05) is 49.1 Å². The van der Waals surface area contributed by atoms with Gasteiger partial charge in [0, 0.05) is 57.4 Å². The van der Waals surface area contributed by atoms with Crippen molar-refractivity contribution in [1.29, 1.82) is 0 Å². The third kappa shape index (κ3) is 5.05. The number of benzene rings is 1. The largest absolute Gasteiger partial charge is 0.353 e. The van der Waals surface area contributed by atoms with E-state index in [0.717, 1.165) is 69.6 Å². The van der Waals surface area contributed by atoms with Gasteiger partial charge in [-0.2, -0.15) is 4.98 Å². The first-order valence-electron chi connectivity index (χ1n) is 10.9. The van der Waals surface area contributed by atoms with Gasteiger partial charge in [0.15, 0.2) is 0 Å². The zero-order valence-corrected chi connectivity index (χ0v) is 17.4. The molecule has 2 aliphatic heterocycles. The summed E-state index contributed by atoms with van der Waals surface area (Å²) in [7, 11) is 0. The molecule has 0 aliphatic carbocycles. The summed E-state index contributed by atoms with van der Waals surface area (Å²) in [6, 6.07) is 12.5. The first kappa shape index (κ1) is 19.7. The van der Waals surface area contributed by atoms with E-state index in [9.17, 15) is 4.79 Å². The van der Waals surface area contributed by atoms with Gasteiger partial charge in [-0.05, 0) is 38.2 Å². The van der Waals surface area contributed by atoms with Crippen LogP contribution in [0, 0.1) is 6.92 Å². The lowest BCUT2D eigenvalue weighted by atomic mass is 10.1. The standard InChI is InChI=1S/C23H31N5O/c1-19-18-21(25-23(24-19)28-12-5-6-13-28)26-14-16-27(17-15-26)22(29)11-7-10-20-8-3-2-4-9-20/h2-4,8-9,18H,5-7,10-17H2,1H3. The lowest BCUT2D eigenvalue weighted by molar-refractivity contribution is -0.131. The van der Waals surface area contributed by atoms with E-state index in [1.165, 1.54) is 18.4 Å². The maximum Gasteiger partial charge on any atom is 0.227 e. The zero-order valence-electron chi connectivity index (χ0n) is 17.4. The molecule has 0 saturated carbocycles. The van der Waals surface area contributed by atoms with Crippen LogP contribution >= 0.6 is 0 Å². The van der Waals surface area contributed by atoms with Crippen molar-refractivity contribution >= 4 is 17.7 Å². The van der Waals surface area contributed by atoms with Crippen LogP contribution in [0.4, 0.5) is 11.8 Å². The number of rotatable bonds is 6. The Morgan fingerprint density at radius 3 is 2.38 bits per heavy atom. The van der Waals surface area contributed by atoms with E-state index >= 15 is 0 Å². The summed E-state index contributed by atoms with van der Waals surface area (Å²) in [5, 5.41) is 0. The smallest absolute Gasteiger partial charge is 0.227 e. The van der Waals surface area contributed by atoms with Gasteiger partial charge in [0.2, 0.25) is 11.9 Å². The lowest BCUT2D eigenvalue weighted by Gasteiger charge is -2.36. The summed E-state index contributed by atoms with van der Waals surface area (Å²) in [6.07, 6.45) is 4.94. The number of aromatic nitrogens is 2. The minimum atomic E-state index is 0.275. The molecule has 4 rings (SSSR count). The van der Waals surface area contributed by atoms with Crippen LogP contribution in [0.15, 0.2) is 36.4 Å². The number of amides is 1. The van der Waals surface area contributed by atoms with E-state index in [1.807, 2.05) is 17.9 Å². The second-order valence-electron chi connectivity index (χ2n) is 8.07. The van der Waals surface area contributed by atoms with Crippen LogP contribution in [0.3, 0.4) is 0 Å². The Hall–Kier alpha value is -2.63. The van der Waals surface area contributed by atoms with E-state index in [2.05, 4.69) is 45.1 Å². The number of nitrogens with zero attached hydrogens (tertiary/aromatic N) is 5. The van der Waals surface area contributed by atoms with E-state index in [4.69, 9.17) is 4.98 Å². The molecular formula is C23H31N5O. The third-order valence-corrected chi connectivity index (χ3v) is 5.87. The van der Waals surface area contributed by atoms with Crippen molar-refractivity contribution in [2.45, 2.75) is 39.0 Å². The summed E-state index contributed by atoms with van der Waals surface area (Å²) >= 11 is 0. The van der Waals surface area contributed by atoms with Gasteiger partial charge in [0.05, 0.1) is 0 Å². The fraction of sp³-hybridized carbons (Fsp3) is 0.522. The summed E-state index contributed by atoms with van der Waals surface area (Å²) in [5.41, 5.74) is 2.31. The number of carbonyl (C=O) groups is 1. The molecule has 2 fully saturated rings. The molecule has 1 aromatic heterocycles. The Morgan fingerprint density at radius 2 is 1.66 bits per heavy atom. The molecule has 1 aromatic carbocycles. The number of hydrogen-bond donors (Lipinski definition) is 0. The van der Waals surface area contributed by atoms with E-state index in [-0.39, 0.29) is 5.91 Å². The molecule has 0 spiro atoms. The van der Waals surface area contributed by atoms with Crippen molar-refractivity contribution in [3.8, 4) is 0 Å². The van der Waals surface area contributed by atoms with Gasteiger partial charge >= 0.3 is 0 Å². The number of anilines is 2. The van der Waals surface area contributed by atoms with Gasteiger partial charge in [-0.25, -0.2) is 4.98 Å². The molecule has 0 atom stereocenters. The topological polar surface area (TPSA) is 52.6 Å². The highest BCUT2D eigenvalue weighted by Crippen LogP contribution is 2.22. The fourth-order valence-corrected chi connectivity index (χ4v) is 4.19. The first-order valence-corrected chi connectivity index (χ1v) is 10.9. The molecule has 2 aromatic rings. The van der Waals surface area contributed by atoms with E-state index < -0.39 is 0 Å². The highest BCUT2D eigenvalue weighted by Gasteiger charge is 2.23. The van der Waals surface area contributed by atoms with Crippen molar-refractivity contribution in [1.82, 2.24) is 14.9 Å². The van der Waals surface area contributed by atoms with Gasteiger partial charge in [-0.3, -0.25) is 4.79 Å². The maximum atomic E-state index is 12.6. The third-order valence-electron chi connectivity index (χ3n) is 5.87. The van der Waals surface area contributed by atoms with E-state index in [1.54, 1.807) is 0 Å². The Morgan fingerprint density at radius 1 is 0.931 bits per heavy atom. The van der Waals surface area contributed by atoms with Crippen molar-refractivity contribution in [3.05, 3.63) is 47.7 Å². The first-order chi connectivity index (χ1) is 14.2. The molecule has 0 unspecified atom stereocenters. The maximum absolute atomic E-state index is 12.6. The van der Waals surface area contributed by atoms with Crippen molar-refractivity contribution < 1.29 is 4.79 Å². The predicted molar refractivity (Wildman–Crippen MR) is 116 cm³/mol. The summed E-state index contributed by atoms with van der Waals surface area (Å²) in [6.45, 7) is 7.35. The van der Waals surface area contributed by atoms with Crippen LogP contribution in [0.2, 0.25) is 0 Å². The van der Waals surface area contributed by atoms with Crippen LogP contribution in [0.5, 0.6) is 0 Å². The lowest BCUT2D eigenvalue weighted by Crippen LogP contribution is -2.49. The number of carbonyl (C=O) groups excluding carboxylic acids is 1. The molecule has 6 nitrogen and oxygen atoms in total.